The molecule has 19 heavy (non-hydrogen) atoms. The topological polar surface area (TPSA) is 56.7 Å². The summed E-state index contributed by atoms with van der Waals surface area (Å²) in [6.07, 6.45) is 5.29. The molecule has 0 radical (unpaired) electrons. The zero-order chi connectivity index (χ0) is 13.2. The molecule has 0 amide bonds. The Morgan fingerprint density at radius 3 is 2.74 bits per heavy atom. The van der Waals surface area contributed by atoms with Crippen LogP contribution in [0.1, 0.15) is 0 Å². The lowest BCUT2D eigenvalue weighted by Gasteiger charge is -2.02. The van der Waals surface area contributed by atoms with Crippen LogP contribution in [0.3, 0.4) is 0 Å². The first kappa shape index (κ1) is 11.7. The Balaban J connectivity index is 2.06. The summed E-state index contributed by atoms with van der Waals surface area (Å²) in [5.74, 6) is 0.602. The van der Waals surface area contributed by atoms with Gasteiger partial charge in [-0.2, -0.15) is 5.10 Å². The lowest BCUT2D eigenvalue weighted by atomic mass is 10.1. The number of pyridine rings is 1. The van der Waals surface area contributed by atoms with Crippen LogP contribution in [0.4, 0.5) is 5.69 Å². The minimum atomic E-state index is 0.554. The van der Waals surface area contributed by atoms with E-state index in [4.69, 9.17) is 17.3 Å². The van der Waals surface area contributed by atoms with Gasteiger partial charge in [-0.15, -0.1) is 0 Å². The molecule has 0 unspecified atom stereocenters. The van der Waals surface area contributed by atoms with Gasteiger partial charge in [0.2, 0.25) is 0 Å². The van der Waals surface area contributed by atoms with Gasteiger partial charge in [0.1, 0.15) is 0 Å². The molecule has 3 aromatic rings. The molecule has 0 saturated carbocycles. The molecule has 0 fully saturated rings. The molecule has 0 aliphatic rings. The highest BCUT2D eigenvalue weighted by atomic mass is 35.5. The van der Waals surface area contributed by atoms with Crippen molar-refractivity contribution in [3.05, 3.63) is 60.0 Å². The Morgan fingerprint density at radius 1 is 1.11 bits per heavy atom. The van der Waals surface area contributed by atoms with Crippen molar-refractivity contribution in [2.75, 3.05) is 5.73 Å². The number of hydrogen-bond acceptors (Lipinski definition) is 3. The first-order valence-electron chi connectivity index (χ1n) is 5.76. The standard InChI is InChI=1S/C14H11ClN4/c15-12-5-3-7-17-14(12)19-9-10(8-18-19)11-4-1-2-6-13(11)16/h1-9H,16H2. The summed E-state index contributed by atoms with van der Waals surface area (Å²) in [6, 6.07) is 11.2. The molecule has 4 nitrogen and oxygen atoms in total. The molecular weight excluding hydrogens is 260 g/mol. The fraction of sp³-hybridized carbons (Fsp3) is 0. The van der Waals surface area contributed by atoms with E-state index in [1.54, 1.807) is 29.2 Å². The summed E-state index contributed by atoms with van der Waals surface area (Å²) in [7, 11) is 0. The Labute approximate surface area is 115 Å². The van der Waals surface area contributed by atoms with E-state index in [0.717, 1.165) is 11.1 Å². The first-order chi connectivity index (χ1) is 9.25. The Kier molecular flexibility index (Phi) is 2.93. The van der Waals surface area contributed by atoms with Crippen molar-refractivity contribution in [1.82, 2.24) is 14.8 Å². The van der Waals surface area contributed by atoms with Crippen molar-refractivity contribution in [3.63, 3.8) is 0 Å². The summed E-state index contributed by atoms with van der Waals surface area (Å²) >= 11 is 6.10. The largest absolute Gasteiger partial charge is 0.398 e. The number of anilines is 1. The Hall–Kier alpha value is -2.33. The number of para-hydroxylation sites is 1. The number of hydrogen-bond donors (Lipinski definition) is 1. The minimum Gasteiger partial charge on any atom is -0.398 e. The fourth-order valence-corrected chi connectivity index (χ4v) is 2.09. The minimum absolute atomic E-state index is 0.554. The van der Waals surface area contributed by atoms with Crippen LogP contribution in [0.2, 0.25) is 5.02 Å². The monoisotopic (exact) mass is 270 g/mol. The smallest absolute Gasteiger partial charge is 0.172 e. The average Bonchev–Trinajstić information content (AvgIpc) is 2.89. The summed E-state index contributed by atoms with van der Waals surface area (Å²) in [5.41, 5.74) is 8.54. The summed E-state index contributed by atoms with van der Waals surface area (Å²) in [6.45, 7) is 0. The van der Waals surface area contributed by atoms with E-state index in [0.29, 0.717) is 16.5 Å². The van der Waals surface area contributed by atoms with E-state index in [9.17, 15) is 0 Å². The highest BCUT2D eigenvalue weighted by molar-refractivity contribution is 6.32. The van der Waals surface area contributed by atoms with Crippen molar-refractivity contribution < 1.29 is 0 Å². The molecule has 0 bridgehead atoms. The van der Waals surface area contributed by atoms with E-state index in [-0.39, 0.29) is 0 Å². The van der Waals surface area contributed by atoms with Crippen LogP contribution >= 0.6 is 11.6 Å². The third kappa shape index (κ3) is 2.18. The van der Waals surface area contributed by atoms with Crippen LogP contribution in [0.5, 0.6) is 0 Å². The van der Waals surface area contributed by atoms with E-state index in [1.165, 1.54) is 0 Å². The number of rotatable bonds is 2. The second-order valence-corrected chi connectivity index (χ2v) is 4.48. The van der Waals surface area contributed by atoms with Gasteiger partial charge in [-0.25, -0.2) is 9.67 Å². The molecule has 2 N–H and O–H groups in total. The van der Waals surface area contributed by atoms with Crippen molar-refractivity contribution in [2.24, 2.45) is 0 Å². The van der Waals surface area contributed by atoms with Gasteiger partial charge in [0.05, 0.1) is 11.2 Å². The predicted molar refractivity (Wildman–Crippen MR) is 76.2 cm³/mol. The van der Waals surface area contributed by atoms with Gasteiger partial charge in [0.15, 0.2) is 5.82 Å². The summed E-state index contributed by atoms with van der Waals surface area (Å²) in [4.78, 5) is 4.22. The van der Waals surface area contributed by atoms with E-state index in [2.05, 4.69) is 10.1 Å². The van der Waals surface area contributed by atoms with Gasteiger partial charge >= 0.3 is 0 Å². The average molecular weight is 271 g/mol. The maximum atomic E-state index is 6.10. The van der Waals surface area contributed by atoms with E-state index < -0.39 is 0 Å². The molecule has 1 aromatic carbocycles. The number of nitrogens with zero attached hydrogens (tertiary/aromatic N) is 3. The van der Waals surface area contributed by atoms with Crippen molar-refractivity contribution in [1.29, 1.82) is 0 Å². The van der Waals surface area contributed by atoms with Crippen LogP contribution in [0.15, 0.2) is 55.0 Å². The zero-order valence-corrected chi connectivity index (χ0v) is 10.7. The number of nitrogen functional groups attached to an aromatic ring is 1. The molecule has 3 rings (SSSR count). The zero-order valence-electron chi connectivity index (χ0n) is 9.99. The second kappa shape index (κ2) is 4.74. The van der Waals surface area contributed by atoms with Crippen LogP contribution in [0, 0.1) is 0 Å². The Bertz CT molecular complexity index is 661. The van der Waals surface area contributed by atoms with Crippen LogP contribution < -0.4 is 5.73 Å². The third-order valence-corrected chi connectivity index (χ3v) is 3.11. The van der Waals surface area contributed by atoms with Crippen LogP contribution in [-0.2, 0) is 0 Å². The van der Waals surface area contributed by atoms with Crippen LogP contribution in [0.25, 0.3) is 16.9 Å². The van der Waals surface area contributed by atoms with Gasteiger partial charge in [0.25, 0.3) is 0 Å². The fourth-order valence-electron chi connectivity index (χ4n) is 1.88. The lowest BCUT2D eigenvalue weighted by molar-refractivity contribution is 0.847. The molecule has 5 heteroatoms. The van der Waals surface area contributed by atoms with Crippen molar-refractivity contribution >= 4 is 17.3 Å². The third-order valence-electron chi connectivity index (χ3n) is 2.81. The Morgan fingerprint density at radius 2 is 1.95 bits per heavy atom. The van der Waals surface area contributed by atoms with Gasteiger partial charge in [-0.05, 0) is 18.2 Å². The maximum Gasteiger partial charge on any atom is 0.172 e. The molecule has 0 saturated heterocycles. The highest BCUT2D eigenvalue weighted by Gasteiger charge is 2.08. The van der Waals surface area contributed by atoms with E-state index >= 15 is 0 Å². The van der Waals surface area contributed by atoms with Gasteiger partial charge < -0.3 is 5.73 Å². The lowest BCUT2D eigenvalue weighted by Crippen LogP contribution is -1.97. The molecule has 0 aliphatic heterocycles. The molecular formula is C14H11ClN4. The number of benzene rings is 1. The molecule has 2 aromatic heterocycles. The van der Waals surface area contributed by atoms with Gasteiger partial charge in [0, 0.05) is 29.2 Å². The molecule has 94 valence electrons. The number of halogens is 1. The molecule has 2 heterocycles. The number of nitrogens with two attached hydrogens (primary N) is 1. The molecule has 0 spiro atoms. The molecule has 0 aliphatic carbocycles. The predicted octanol–water partition coefficient (Wildman–Crippen LogP) is 3.17. The SMILES string of the molecule is Nc1ccccc1-c1cnn(-c2ncccc2Cl)c1. The number of aromatic nitrogens is 3. The first-order valence-corrected chi connectivity index (χ1v) is 6.14. The molecule has 0 atom stereocenters. The summed E-state index contributed by atoms with van der Waals surface area (Å²) in [5, 5.41) is 4.83. The van der Waals surface area contributed by atoms with Gasteiger partial charge in [-0.1, -0.05) is 29.8 Å². The quantitative estimate of drug-likeness (QED) is 0.728. The van der Waals surface area contributed by atoms with Crippen molar-refractivity contribution in [2.45, 2.75) is 0 Å². The summed E-state index contributed by atoms with van der Waals surface area (Å²) < 4.78 is 1.64. The maximum absolute atomic E-state index is 6.10. The normalized spacial score (nSPS) is 10.6. The van der Waals surface area contributed by atoms with Gasteiger partial charge in [-0.3, -0.25) is 0 Å². The van der Waals surface area contributed by atoms with Crippen LogP contribution in [-0.4, -0.2) is 14.8 Å². The van der Waals surface area contributed by atoms with Crippen molar-refractivity contribution in [3.8, 4) is 16.9 Å². The second-order valence-electron chi connectivity index (χ2n) is 4.07. The van der Waals surface area contributed by atoms with E-state index in [1.807, 2.05) is 30.5 Å². The highest BCUT2D eigenvalue weighted by Crippen LogP contribution is 2.26.